The lowest BCUT2D eigenvalue weighted by Crippen LogP contribution is -2.17. The van der Waals surface area contributed by atoms with Crippen molar-refractivity contribution in [2.45, 2.75) is 19.5 Å². The van der Waals surface area contributed by atoms with Crippen LogP contribution in [0.2, 0.25) is 5.02 Å². The minimum absolute atomic E-state index is 0.166. The molecule has 18 heavy (non-hydrogen) atoms. The highest BCUT2D eigenvalue weighted by atomic mass is 35.5. The number of rotatable bonds is 4. The first-order chi connectivity index (χ1) is 8.69. The van der Waals surface area contributed by atoms with E-state index >= 15 is 0 Å². The van der Waals surface area contributed by atoms with Crippen LogP contribution in [0.3, 0.4) is 0 Å². The maximum Gasteiger partial charge on any atom is 0.203 e. The van der Waals surface area contributed by atoms with Crippen LogP contribution in [-0.4, -0.2) is 0 Å². The first-order valence-corrected chi connectivity index (χ1v) is 6.04. The zero-order valence-electron chi connectivity index (χ0n) is 9.98. The van der Waals surface area contributed by atoms with Gasteiger partial charge < -0.3 is 9.73 Å². The zero-order valence-corrected chi connectivity index (χ0v) is 10.7. The molecule has 1 aromatic heterocycles. The summed E-state index contributed by atoms with van der Waals surface area (Å²) in [7, 11) is 0. The van der Waals surface area contributed by atoms with E-state index in [0.29, 0.717) is 12.3 Å². The van der Waals surface area contributed by atoms with Gasteiger partial charge in [-0.3, -0.25) is 0 Å². The van der Waals surface area contributed by atoms with Gasteiger partial charge in [0.1, 0.15) is 11.8 Å². The van der Waals surface area contributed by atoms with Gasteiger partial charge >= 0.3 is 0 Å². The van der Waals surface area contributed by atoms with Gasteiger partial charge in [-0.05, 0) is 36.8 Å². The molecule has 0 radical (unpaired) electrons. The Morgan fingerprint density at radius 2 is 2.22 bits per heavy atom. The van der Waals surface area contributed by atoms with Crippen molar-refractivity contribution in [2.75, 3.05) is 0 Å². The Labute approximate surface area is 111 Å². The molecular weight excluding hydrogens is 248 g/mol. The predicted molar refractivity (Wildman–Crippen MR) is 70.1 cm³/mol. The summed E-state index contributed by atoms with van der Waals surface area (Å²) in [6, 6.07) is 13.3. The van der Waals surface area contributed by atoms with E-state index in [4.69, 9.17) is 21.3 Å². The Morgan fingerprint density at radius 1 is 1.39 bits per heavy atom. The van der Waals surface area contributed by atoms with Crippen molar-refractivity contribution in [1.82, 2.24) is 5.32 Å². The summed E-state index contributed by atoms with van der Waals surface area (Å²) in [5.74, 6) is 1.09. The molecule has 4 heteroatoms. The fourth-order valence-corrected chi connectivity index (χ4v) is 1.88. The van der Waals surface area contributed by atoms with Crippen molar-refractivity contribution < 1.29 is 4.42 Å². The summed E-state index contributed by atoms with van der Waals surface area (Å²) >= 11 is 5.95. The molecule has 0 saturated heterocycles. The topological polar surface area (TPSA) is 49.0 Å². The highest BCUT2D eigenvalue weighted by molar-refractivity contribution is 6.30. The minimum atomic E-state index is 0.166. The van der Waals surface area contributed by atoms with Crippen molar-refractivity contribution in [3.05, 3.63) is 58.5 Å². The van der Waals surface area contributed by atoms with E-state index in [0.717, 1.165) is 16.3 Å². The summed E-state index contributed by atoms with van der Waals surface area (Å²) in [6.07, 6.45) is 0. The summed E-state index contributed by atoms with van der Waals surface area (Å²) in [4.78, 5) is 0. The van der Waals surface area contributed by atoms with E-state index in [2.05, 4.69) is 12.2 Å². The van der Waals surface area contributed by atoms with Crippen LogP contribution < -0.4 is 5.32 Å². The highest BCUT2D eigenvalue weighted by Crippen LogP contribution is 2.18. The van der Waals surface area contributed by atoms with Gasteiger partial charge in [0, 0.05) is 11.1 Å². The standard InChI is InChI=1S/C14H13ClN2O/c1-10(11-3-2-4-12(15)7-11)17-9-14-6-5-13(8-16)18-14/h2-7,10,17H,9H2,1H3/t10-/m1/s1. The van der Waals surface area contributed by atoms with Crippen LogP contribution in [0.1, 0.15) is 30.0 Å². The van der Waals surface area contributed by atoms with E-state index in [-0.39, 0.29) is 6.04 Å². The van der Waals surface area contributed by atoms with Crippen LogP contribution in [0.15, 0.2) is 40.8 Å². The van der Waals surface area contributed by atoms with E-state index in [1.165, 1.54) is 0 Å². The number of hydrogen-bond acceptors (Lipinski definition) is 3. The lowest BCUT2D eigenvalue weighted by Gasteiger charge is -2.13. The highest BCUT2D eigenvalue weighted by Gasteiger charge is 2.07. The van der Waals surface area contributed by atoms with Gasteiger partial charge in [0.25, 0.3) is 0 Å². The number of nitriles is 1. The second-order valence-electron chi connectivity index (χ2n) is 4.04. The van der Waals surface area contributed by atoms with Crippen molar-refractivity contribution in [3.8, 4) is 6.07 Å². The SMILES string of the molecule is C[C@@H](NCc1ccc(C#N)o1)c1cccc(Cl)c1. The van der Waals surface area contributed by atoms with Gasteiger partial charge in [-0.15, -0.1) is 0 Å². The minimum Gasteiger partial charge on any atom is -0.449 e. The molecule has 0 amide bonds. The average molecular weight is 261 g/mol. The molecule has 0 saturated carbocycles. The van der Waals surface area contributed by atoms with Crippen molar-refractivity contribution in [1.29, 1.82) is 5.26 Å². The summed E-state index contributed by atoms with van der Waals surface area (Å²) in [5.41, 5.74) is 1.12. The Kier molecular flexibility index (Phi) is 4.03. The van der Waals surface area contributed by atoms with Gasteiger partial charge in [0.2, 0.25) is 5.76 Å². The second kappa shape index (κ2) is 5.72. The van der Waals surface area contributed by atoms with Crippen LogP contribution >= 0.6 is 11.6 Å². The van der Waals surface area contributed by atoms with E-state index in [9.17, 15) is 0 Å². The molecule has 1 heterocycles. The third-order valence-electron chi connectivity index (χ3n) is 2.70. The fraction of sp³-hybridized carbons (Fsp3) is 0.214. The normalized spacial score (nSPS) is 12.1. The Bertz CT molecular complexity index is 571. The monoisotopic (exact) mass is 260 g/mol. The number of hydrogen-bond donors (Lipinski definition) is 1. The van der Waals surface area contributed by atoms with Crippen LogP contribution in [0.25, 0.3) is 0 Å². The molecule has 0 fully saturated rings. The van der Waals surface area contributed by atoms with E-state index in [1.54, 1.807) is 12.1 Å². The molecule has 2 rings (SSSR count). The predicted octanol–water partition coefficient (Wildman–Crippen LogP) is 3.66. The summed E-state index contributed by atoms with van der Waals surface area (Å²) in [5, 5.41) is 12.7. The van der Waals surface area contributed by atoms with Gasteiger partial charge in [-0.2, -0.15) is 5.26 Å². The second-order valence-corrected chi connectivity index (χ2v) is 4.47. The number of nitrogens with zero attached hydrogens (tertiary/aromatic N) is 1. The molecule has 0 aliphatic rings. The van der Waals surface area contributed by atoms with Gasteiger partial charge in [-0.1, -0.05) is 23.7 Å². The molecule has 2 aromatic rings. The largest absolute Gasteiger partial charge is 0.449 e. The maximum atomic E-state index is 8.66. The molecule has 0 aliphatic carbocycles. The average Bonchev–Trinajstić information content (AvgIpc) is 2.84. The van der Waals surface area contributed by atoms with Gasteiger partial charge in [-0.25, -0.2) is 0 Å². The zero-order chi connectivity index (χ0) is 13.0. The summed E-state index contributed by atoms with van der Waals surface area (Å²) < 4.78 is 5.29. The Hall–Kier alpha value is -1.76. The van der Waals surface area contributed by atoms with Crippen LogP contribution in [-0.2, 0) is 6.54 Å². The molecule has 0 unspecified atom stereocenters. The molecule has 1 N–H and O–H groups in total. The first-order valence-electron chi connectivity index (χ1n) is 5.66. The van der Waals surface area contributed by atoms with E-state index in [1.807, 2.05) is 30.3 Å². The van der Waals surface area contributed by atoms with Crippen LogP contribution in [0.5, 0.6) is 0 Å². The maximum absolute atomic E-state index is 8.66. The number of nitrogens with one attached hydrogen (secondary N) is 1. The molecule has 0 aliphatic heterocycles. The molecule has 0 bridgehead atoms. The van der Waals surface area contributed by atoms with E-state index < -0.39 is 0 Å². The van der Waals surface area contributed by atoms with Crippen LogP contribution in [0.4, 0.5) is 0 Å². The molecule has 92 valence electrons. The number of benzene rings is 1. The Morgan fingerprint density at radius 3 is 2.89 bits per heavy atom. The smallest absolute Gasteiger partial charge is 0.203 e. The third-order valence-corrected chi connectivity index (χ3v) is 2.94. The first kappa shape index (κ1) is 12.7. The van der Waals surface area contributed by atoms with Crippen molar-refractivity contribution >= 4 is 11.6 Å². The third kappa shape index (κ3) is 3.13. The van der Waals surface area contributed by atoms with Gasteiger partial charge in [0.15, 0.2) is 0 Å². The quantitative estimate of drug-likeness (QED) is 0.913. The number of halogens is 1. The fourth-order valence-electron chi connectivity index (χ4n) is 1.68. The number of furan rings is 1. The van der Waals surface area contributed by atoms with Crippen LogP contribution in [0, 0.1) is 11.3 Å². The molecule has 3 nitrogen and oxygen atoms in total. The lowest BCUT2D eigenvalue weighted by atomic mass is 10.1. The molecule has 1 aromatic carbocycles. The molecular formula is C14H13ClN2O. The Balaban J connectivity index is 1.96. The van der Waals surface area contributed by atoms with Crippen molar-refractivity contribution in [2.24, 2.45) is 0 Å². The molecule has 1 atom stereocenters. The van der Waals surface area contributed by atoms with Gasteiger partial charge in [0.05, 0.1) is 6.54 Å². The molecule has 0 spiro atoms. The summed E-state index contributed by atoms with van der Waals surface area (Å²) in [6.45, 7) is 2.63. The lowest BCUT2D eigenvalue weighted by molar-refractivity contribution is 0.453. The van der Waals surface area contributed by atoms with Crippen molar-refractivity contribution in [3.63, 3.8) is 0 Å².